The molecule has 0 bridgehead atoms. The molecule has 1 rings (SSSR count). The number of ether oxygens (including phenoxy) is 1. The molecule has 2 unspecified atom stereocenters. The predicted octanol–water partition coefficient (Wildman–Crippen LogP) is 3.08. The van der Waals surface area contributed by atoms with Crippen molar-refractivity contribution in [3.05, 3.63) is 38.9 Å². The molecule has 0 radical (unpaired) electrons. The number of nitrogens with zero attached hydrogens (tertiary/aromatic N) is 1. The fourth-order valence-corrected chi connectivity index (χ4v) is 3.29. The number of nitro groups is 1. The monoisotopic (exact) mass is 376 g/mol. The quantitative estimate of drug-likeness (QED) is 0.354. The van der Waals surface area contributed by atoms with Crippen LogP contribution in [0.2, 0.25) is 5.02 Å². The van der Waals surface area contributed by atoms with Gasteiger partial charge in [-0.1, -0.05) is 23.7 Å². The van der Waals surface area contributed by atoms with E-state index in [-0.39, 0.29) is 17.1 Å². The molecule has 1 aromatic rings. The highest BCUT2D eigenvalue weighted by Crippen LogP contribution is 2.38. The van der Waals surface area contributed by atoms with E-state index in [2.05, 4.69) is 4.72 Å². The highest BCUT2D eigenvalue weighted by molar-refractivity contribution is 7.90. The van der Waals surface area contributed by atoms with Crippen molar-refractivity contribution in [1.29, 1.82) is 0 Å². The van der Waals surface area contributed by atoms with Gasteiger partial charge in [0.2, 0.25) is 0 Å². The molecule has 0 saturated heterocycles. The summed E-state index contributed by atoms with van der Waals surface area (Å²) in [6.07, 6.45) is -0.188. The van der Waals surface area contributed by atoms with E-state index in [4.69, 9.17) is 16.3 Å². The molecule has 0 aliphatic heterocycles. The molecule has 0 aliphatic rings. The van der Waals surface area contributed by atoms with E-state index >= 15 is 0 Å². The van der Waals surface area contributed by atoms with Gasteiger partial charge in [-0.25, -0.2) is 0 Å². The van der Waals surface area contributed by atoms with Crippen LogP contribution in [0.15, 0.2) is 18.2 Å². The van der Waals surface area contributed by atoms with Crippen molar-refractivity contribution in [2.75, 3.05) is 7.11 Å². The molecule has 0 aromatic heterocycles. The van der Waals surface area contributed by atoms with Gasteiger partial charge in [-0.2, -0.15) is 0 Å². The van der Waals surface area contributed by atoms with Gasteiger partial charge in [0.15, 0.2) is 0 Å². The van der Waals surface area contributed by atoms with E-state index in [1.54, 1.807) is 33.8 Å². The summed E-state index contributed by atoms with van der Waals surface area (Å²) in [7, 11) is 1.23. The minimum absolute atomic E-state index is 0.104. The Morgan fingerprint density at radius 3 is 2.42 bits per heavy atom. The minimum Gasteiger partial charge on any atom is -0.598 e. The Kier molecular flexibility index (Phi) is 6.63. The molecule has 0 amide bonds. The molecule has 0 fully saturated rings. The Hall–Kier alpha value is -1.35. The lowest BCUT2D eigenvalue weighted by Crippen LogP contribution is -2.51. The van der Waals surface area contributed by atoms with Crippen LogP contribution in [0.25, 0.3) is 0 Å². The summed E-state index contributed by atoms with van der Waals surface area (Å²) in [6, 6.07) is 4.30. The fraction of sp³-hybridized carbons (Fsp3) is 0.533. The van der Waals surface area contributed by atoms with Gasteiger partial charge in [-0.05, 0) is 27.7 Å². The number of nitrogens with one attached hydrogen (secondary N) is 1. The standard InChI is InChI=1S/C15H21ClN2O5S/c1-14(2,3)24(22)17-15(4,9-12(19)23-5)10-7-6-8-11(13(10)16)18(20)21/h6-8,17H,9H2,1-5H3. The van der Waals surface area contributed by atoms with Crippen LogP contribution in [-0.4, -0.2) is 27.3 Å². The summed E-state index contributed by atoms with van der Waals surface area (Å²) < 4.78 is 19.5. The molecule has 1 aromatic carbocycles. The summed E-state index contributed by atoms with van der Waals surface area (Å²) in [5.41, 5.74) is -1.18. The number of methoxy groups -OCH3 is 1. The lowest BCUT2D eigenvalue weighted by molar-refractivity contribution is -0.384. The summed E-state index contributed by atoms with van der Waals surface area (Å²) in [5.74, 6) is -0.557. The molecular weight excluding hydrogens is 356 g/mol. The van der Waals surface area contributed by atoms with Gasteiger partial charge < -0.3 is 9.29 Å². The third kappa shape index (κ3) is 4.83. The van der Waals surface area contributed by atoms with Gasteiger partial charge in [0, 0.05) is 23.0 Å². The van der Waals surface area contributed by atoms with Crippen molar-refractivity contribution < 1.29 is 19.0 Å². The Morgan fingerprint density at radius 2 is 1.96 bits per heavy atom. The molecule has 9 heteroatoms. The Morgan fingerprint density at radius 1 is 1.38 bits per heavy atom. The van der Waals surface area contributed by atoms with Crippen LogP contribution >= 0.6 is 11.6 Å². The average Bonchev–Trinajstić information content (AvgIpc) is 2.45. The molecule has 1 N–H and O–H groups in total. The highest BCUT2D eigenvalue weighted by Gasteiger charge is 2.41. The van der Waals surface area contributed by atoms with E-state index in [1.165, 1.54) is 19.2 Å². The fourth-order valence-electron chi connectivity index (χ4n) is 1.99. The number of hydrogen-bond acceptors (Lipinski definition) is 6. The third-order valence-electron chi connectivity index (χ3n) is 3.37. The van der Waals surface area contributed by atoms with Gasteiger partial charge in [-0.3, -0.25) is 14.9 Å². The van der Waals surface area contributed by atoms with Crippen molar-refractivity contribution in [2.45, 2.75) is 44.4 Å². The van der Waals surface area contributed by atoms with Crippen molar-refractivity contribution in [3.8, 4) is 0 Å². The van der Waals surface area contributed by atoms with E-state index in [9.17, 15) is 19.5 Å². The second kappa shape index (κ2) is 7.69. The molecule has 0 saturated carbocycles. The van der Waals surface area contributed by atoms with E-state index in [0.29, 0.717) is 5.56 Å². The first-order valence-corrected chi connectivity index (χ1v) is 8.65. The maximum Gasteiger partial charge on any atom is 0.307 e. The predicted molar refractivity (Wildman–Crippen MR) is 93.1 cm³/mol. The largest absolute Gasteiger partial charge is 0.598 e. The SMILES string of the molecule is COC(=O)CC(C)(N[S+]([O-])C(C)(C)C)c1cccc([N+](=O)[O-])c1Cl. The van der Waals surface area contributed by atoms with Gasteiger partial charge >= 0.3 is 5.97 Å². The molecule has 0 spiro atoms. The summed E-state index contributed by atoms with van der Waals surface area (Å²) in [4.78, 5) is 22.3. The van der Waals surface area contributed by atoms with Crippen LogP contribution in [-0.2, 0) is 26.4 Å². The van der Waals surface area contributed by atoms with Gasteiger partial charge in [0.1, 0.15) is 9.77 Å². The van der Waals surface area contributed by atoms with Crippen LogP contribution in [0.1, 0.15) is 39.7 Å². The zero-order chi connectivity index (χ0) is 18.7. The van der Waals surface area contributed by atoms with Gasteiger partial charge in [0.25, 0.3) is 5.69 Å². The molecular formula is C15H21ClN2O5S. The Labute approximate surface area is 149 Å². The van der Waals surface area contributed by atoms with Crippen LogP contribution in [0.5, 0.6) is 0 Å². The number of carbonyl (C=O) groups excluding carboxylic acids is 1. The number of rotatable bonds is 6. The normalized spacial score (nSPS) is 15.5. The van der Waals surface area contributed by atoms with Crippen LogP contribution in [0, 0.1) is 10.1 Å². The van der Waals surface area contributed by atoms with Crippen LogP contribution in [0.3, 0.4) is 0 Å². The summed E-state index contributed by atoms with van der Waals surface area (Å²) in [6.45, 7) is 6.91. The molecule has 0 heterocycles. The number of benzene rings is 1. The summed E-state index contributed by atoms with van der Waals surface area (Å²) in [5, 5.41) is 11.0. The van der Waals surface area contributed by atoms with Crippen molar-refractivity contribution in [2.24, 2.45) is 0 Å². The lowest BCUT2D eigenvalue weighted by Gasteiger charge is -2.34. The van der Waals surface area contributed by atoms with Crippen LogP contribution in [0.4, 0.5) is 5.69 Å². The number of carbonyl (C=O) groups is 1. The number of esters is 1. The topological polar surface area (TPSA) is 105 Å². The maximum absolute atomic E-state index is 12.5. The van der Waals surface area contributed by atoms with Crippen molar-refractivity contribution in [1.82, 2.24) is 4.72 Å². The minimum atomic E-state index is -1.54. The lowest BCUT2D eigenvalue weighted by atomic mass is 9.89. The van der Waals surface area contributed by atoms with Gasteiger partial charge in [-0.15, -0.1) is 4.72 Å². The number of hydrogen-bond donors (Lipinski definition) is 1. The van der Waals surface area contributed by atoms with Crippen LogP contribution < -0.4 is 4.72 Å². The Balaban J connectivity index is 3.41. The average molecular weight is 377 g/mol. The first kappa shape index (κ1) is 20.7. The van der Waals surface area contributed by atoms with Crippen molar-refractivity contribution >= 4 is 34.6 Å². The van der Waals surface area contributed by atoms with E-state index in [0.717, 1.165) is 0 Å². The number of nitro benzene ring substituents is 1. The zero-order valence-electron chi connectivity index (χ0n) is 14.2. The first-order valence-electron chi connectivity index (χ1n) is 7.12. The third-order valence-corrected chi connectivity index (χ3v) is 5.51. The second-order valence-electron chi connectivity index (χ2n) is 6.46. The first-order chi connectivity index (χ1) is 10.9. The van der Waals surface area contributed by atoms with Crippen molar-refractivity contribution in [3.63, 3.8) is 0 Å². The Bertz CT molecular complexity index is 635. The van der Waals surface area contributed by atoms with E-state index < -0.39 is 32.5 Å². The van der Waals surface area contributed by atoms with E-state index in [1.807, 2.05) is 0 Å². The maximum atomic E-state index is 12.5. The molecule has 0 aliphatic carbocycles. The molecule has 24 heavy (non-hydrogen) atoms. The summed E-state index contributed by atoms with van der Waals surface area (Å²) >= 11 is 4.64. The zero-order valence-corrected chi connectivity index (χ0v) is 15.8. The molecule has 7 nitrogen and oxygen atoms in total. The highest BCUT2D eigenvalue weighted by atomic mass is 35.5. The second-order valence-corrected chi connectivity index (χ2v) is 8.81. The van der Waals surface area contributed by atoms with Gasteiger partial charge in [0.05, 0.1) is 24.0 Å². The molecule has 134 valence electrons. The molecule has 2 atom stereocenters. The smallest absolute Gasteiger partial charge is 0.307 e. The number of halogens is 1.